The zero-order chi connectivity index (χ0) is 11.8. The van der Waals surface area contributed by atoms with Gasteiger partial charge >= 0.3 is 5.97 Å². The van der Waals surface area contributed by atoms with Crippen LogP contribution in [0.1, 0.15) is 18.9 Å². The fraction of sp³-hybridized carbons (Fsp3) is 0.417. The lowest BCUT2D eigenvalue weighted by Crippen LogP contribution is -2.07. The highest BCUT2D eigenvalue weighted by molar-refractivity contribution is 7.99. The van der Waals surface area contributed by atoms with Gasteiger partial charge in [0.05, 0.1) is 12.4 Å². The molecule has 0 aliphatic heterocycles. The lowest BCUT2D eigenvalue weighted by Gasteiger charge is -2.03. The predicted molar refractivity (Wildman–Crippen MR) is 68.3 cm³/mol. The molecule has 0 fully saturated rings. The smallest absolute Gasteiger partial charge is 0.315 e. The average Bonchev–Trinajstić information content (AvgIpc) is 2.29. The minimum absolute atomic E-state index is 0.137. The van der Waals surface area contributed by atoms with Gasteiger partial charge < -0.3 is 10.5 Å². The summed E-state index contributed by atoms with van der Waals surface area (Å²) in [7, 11) is 0. The Hall–Kier alpha value is -1.16. The van der Waals surface area contributed by atoms with E-state index in [2.05, 4.69) is 0 Å². The highest BCUT2D eigenvalue weighted by atomic mass is 32.2. The van der Waals surface area contributed by atoms with Crippen LogP contribution in [0.3, 0.4) is 0 Å². The third-order valence-electron chi connectivity index (χ3n) is 1.94. The molecule has 1 rings (SSSR count). The zero-order valence-corrected chi connectivity index (χ0v) is 10.3. The molecule has 0 aromatic heterocycles. The Morgan fingerprint density at radius 2 is 2.06 bits per heavy atom. The number of esters is 1. The average molecular weight is 239 g/mol. The van der Waals surface area contributed by atoms with Crippen molar-refractivity contribution in [1.29, 1.82) is 0 Å². The summed E-state index contributed by atoms with van der Waals surface area (Å²) in [6, 6.07) is 7.68. The van der Waals surface area contributed by atoms with E-state index < -0.39 is 0 Å². The van der Waals surface area contributed by atoms with Crippen LogP contribution in [0.5, 0.6) is 0 Å². The second-order valence-electron chi connectivity index (χ2n) is 3.45. The fourth-order valence-electron chi connectivity index (χ4n) is 1.12. The first-order valence-electron chi connectivity index (χ1n) is 5.30. The van der Waals surface area contributed by atoms with Gasteiger partial charge in [-0.05, 0) is 24.1 Å². The van der Waals surface area contributed by atoms with Crippen LogP contribution in [0.25, 0.3) is 0 Å². The molecule has 0 heterocycles. The van der Waals surface area contributed by atoms with Gasteiger partial charge in [-0.15, -0.1) is 11.8 Å². The molecular weight excluding hydrogens is 222 g/mol. The number of carbonyl (C=O) groups excluding carboxylic acids is 1. The van der Waals surface area contributed by atoms with Crippen molar-refractivity contribution in [2.45, 2.75) is 19.1 Å². The van der Waals surface area contributed by atoms with Crippen LogP contribution in [-0.2, 0) is 15.3 Å². The van der Waals surface area contributed by atoms with Crippen LogP contribution in [0, 0.1) is 0 Å². The van der Waals surface area contributed by atoms with Crippen molar-refractivity contribution < 1.29 is 9.53 Å². The molecule has 0 saturated carbocycles. The number of hydrogen-bond donors (Lipinski definition) is 1. The van der Waals surface area contributed by atoms with E-state index in [1.807, 2.05) is 31.2 Å². The van der Waals surface area contributed by atoms with Gasteiger partial charge in [0.2, 0.25) is 0 Å². The van der Waals surface area contributed by atoms with E-state index >= 15 is 0 Å². The number of ether oxygens (including phenoxy) is 1. The molecule has 0 unspecified atom stereocenters. The quantitative estimate of drug-likeness (QED) is 0.612. The number of hydrogen-bond acceptors (Lipinski definition) is 4. The van der Waals surface area contributed by atoms with Crippen LogP contribution in [-0.4, -0.2) is 18.3 Å². The summed E-state index contributed by atoms with van der Waals surface area (Å²) < 4.78 is 4.97. The number of nitrogens with two attached hydrogens (primary N) is 1. The molecule has 4 heteroatoms. The molecule has 0 bridgehead atoms. The number of benzene rings is 1. The summed E-state index contributed by atoms with van der Waals surface area (Å²) >= 11 is 1.56. The second-order valence-corrected chi connectivity index (χ2v) is 4.44. The van der Waals surface area contributed by atoms with Crippen molar-refractivity contribution in [2.24, 2.45) is 0 Å². The molecule has 3 nitrogen and oxygen atoms in total. The van der Waals surface area contributed by atoms with E-state index in [0.717, 1.165) is 17.9 Å². The first kappa shape index (κ1) is 12.9. The molecule has 0 atom stereocenters. The first-order chi connectivity index (χ1) is 7.72. The van der Waals surface area contributed by atoms with Gasteiger partial charge in [-0.1, -0.05) is 19.1 Å². The highest BCUT2D eigenvalue weighted by Crippen LogP contribution is 2.13. The molecule has 0 spiro atoms. The second kappa shape index (κ2) is 7.17. The van der Waals surface area contributed by atoms with Crippen LogP contribution in [0.4, 0.5) is 5.69 Å². The largest absolute Gasteiger partial charge is 0.465 e. The lowest BCUT2D eigenvalue weighted by atomic mass is 10.2. The minimum Gasteiger partial charge on any atom is -0.465 e. The van der Waals surface area contributed by atoms with Crippen LogP contribution >= 0.6 is 11.8 Å². The summed E-state index contributed by atoms with van der Waals surface area (Å²) in [6.45, 7) is 2.50. The monoisotopic (exact) mass is 239 g/mol. The minimum atomic E-state index is -0.137. The van der Waals surface area contributed by atoms with E-state index in [1.165, 1.54) is 5.56 Å². The SMILES string of the molecule is CCCOC(=O)CSCc1ccc(N)cc1. The molecule has 1 aromatic rings. The van der Waals surface area contributed by atoms with E-state index in [1.54, 1.807) is 11.8 Å². The molecule has 2 N–H and O–H groups in total. The van der Waals surface area contributed by atoms with Crippen molar-refractivity contribution in [3.63, 3.8) is 0 Å². The summed E-state index contributed by atoms with van der Waals surface area (Å²) in [5, 5.41) is 0. The summed E-state index contributed by atoms with van der Waals surface area (Å²) in [5.74, 6) is 1.08. The summed E-state index contributed by atoms with van der Waals surface area (Å²) in [5.41, 5.74) is 7.51. The maximum absolute atomic E-state index is 11.2. The Morgan fingerprint density at radius 1 is 1.38 bits per heavy atom. The molecule has 0 radical (unpaired) electrons. The summed E-state index contributed by atoms with van der Waals surface area (Å²) in [4.78, 5) is 11.2. The number of nitrogen functional groups attached to an aromatic ring is 1. The fourth-order valence-corrected chi connectivity index (χ4v) is 1.90. The van der Waals surface area contributed by atoms with Crippen molar-refractivity contribution in [3.05, 3.63) is 29.8 Å². The van der Waals surface area contributed by atoms with E-state index in [-0.39, 0.29) is 5.97 Å². The van der Waals surface area contributed by atoms with E-state index in [4.69, 9.17) is 10.5 Å². The van der Waals surface area contributed by atoms with Crippen LogP contribution in [0.2, 0.25) is 0 Å². The van der Waals surface area contributed by atoms with Gasteiger partial charge in [0.25, 0.3) is 0 Å². The number of thioether (sulfide) groups is 1. The topological polar surface area (TPSA) is 52.3 Å². The third kappa shape index (κ3) is 5.07. The van der Waals surface area contributed by atoms with Gasteiger partial charge in [-0.25, -0.2) is 0 Å². The maximum atomic E-state index is 11.2. The number of anilines is 1. The number of carbonyl (C=O) groups is 1. The molecule has 1 aromatic carbocycles. The Bertz CT molecular complexity index is 324. The van der Waals surface area contributed by atoms with Gasteiger partial charge in [-0.2, -0.15) is 0 Å². The Kier molecular flexibility index (Phi) is 5.78. The molecule has 16 heavy (non-hydrogen) atoms. The van der Waals surface area contributed by atoms with Crippen LogP contribution in [0.15, 0.2) is 24.3 Å². The van der Waals surface area contributed by atoms with Gasteiger partial charge in [0, 0.05) is 11.4 Å². The van der Waals surface area contributed by atoms with E-state index in [9.17, 15) is 4.79 Å². The molecule has 88 valence electrons. The normalized spacial score (nSPS) is 10.1. The predicted octanol–water partition coefficient (Wildman–Crippen LogP) is 2.46. The Balaban J connectivity index is 2.20. The van der Waals surface area contributed by atoms with Gasteiger partial charge in [0.1, 0.15) is 0 Å². The van der Waals surface area contributed by atoms with Crippen molar-refractivity contribution in [3.8, 4) is 0 Å². The van der Waals surface area contributed by atoms with Crippen molar-refractivity contribution >= 4 is 23.4 Å². The molecule has 0 aliphatic rings. The molecule has 0 saturated heterocycles. The summed E-state index contributed by atoms with van der Waals surface area (Å²) in [6.07, 6.45) is 0.869. The van der Waals surface area contributed by atoms with E-state index in [0.29, 0.717) is 12.4 Å². The van der Waals surface area contributed by atoms with Crippen LogP contribution < -0.4 is 5.73 Å². The molecule has 0 amide bonds. The first-order valence-corrected chi connectivity index (χ1v) is 6.45. The lowest BCUT2D eigenvalue weighted by molar-refractivity contribution is -0.140. The van der Waals surface area contributed by atoms with Crippen molar-refractivity contribution in [2.75, 3.05) is 18.1 Å². The maximum Gasteiger partial charge on any atom is 0.315 e. The zero-order valence-electron chi connectivity index (χ0n) is 9.44. The Morgan fingerprint density at radius 3 is 2.69 bits per heavy atom. The van der Waals surface area contributed by atoms with Crippen molar-refractivity contribution in [1.82, 2.24) is 0 Å². The molecule has 0 aliphatic carbocycles. The van der Waals surface area contributed by atoms with Gasteiger partial charge in [-0.3, -0.25) is 4.79 Å². The van der Waals surface area contributed by atoms with Gasteiger partial charge in [0.15, 0.2) is 0 Å². The third-order valence-corrected chi connectivity index (χ3v) is 2.91. The highest BCUT2D eigenvalue weighted by Gasteiger charge is 2.02. The Labute approximate surface area is 100 Å². The number of rotatable bonds is 6. The standard InChI is InChI=1S/C12H17NO2S/c1-2-7-15-12(14)9-16-8-10-3-5-11(13)6-4-10/h3-6H,2,7-9,13H2,1H3. The molecular formula is C12H17NO2S.